The van der Waals surface area contributed by atoms with E-state index in [2.05, 4.69) is 81.7 Å². The van der Waals surface area contributed by atoms with Gasteiger partial charge in [-0.25, -0.2) is 9.97 Å². The topological polar surface area (TPSA) is 108 Å². The Balaban J connectivity index is 1.28. The number of allylic oxidation sites excluding steroid dienone is 4. The first-order valence-corrected chi connectivity index (χ1v) is 13.9. The second kappa shape index (κ2) is 9.06. The highest BCUT2D eigenvalue weighted by atomic mass is 32.1. The van der Waals surface area contributed by atoms with E-state index >= 15 is 0 Å². The lowest BCUT2D eigenvalue weighted by atomic mass is 10.0. The smallest absolute Gasteiger partial charge is 0.158 e. The zero-order chi connectivity index (χ0) is 26.7. The van der Waals surface area contributed by atoms with Crippen LogP contribution in [0.5, 0.6) is 0 Å². The molecule has 8 nitrogen and oxygen atoms in total. The molecule has 4 aromatic rings. The standard InChI is InChI=1S/C30H28N8S/c1-16(2)17(3)33-21-10-19(12-32-13-21)23-6-7-25-28(34-23)29(36-26-14-38(25)26)30-35-24-11-20(31)4-5-22(27(24)37-30)18-8-9-39-15-18/h4-10,12-13,15-16,26,33H,3,11,14,31H2,1-2H3,(H,35,37). The fraction of sp³-hybridized carbons (Fsp3) is 0.200. The summed E-state index contributed by atoms with van der Waals surface area (Å²) < 4.78 is 0. The van der Waals surface area contributed by atoms with Crippen molar-refractivity contribution in [1.29, 1.82) is 0 Å². The zero-order valence-electron chi connectivity index (χ0n) is 21.8. The molecule has 2 aliphatic heterocycles. The largest absolute Gasteiger partial charge is 0.402 e. The van der Waals surface area contributed by atoms with Crippen LogP contribution in [-0.2, 0) is 6.42 Å². The Morgan fingerprint density at radius 2 is 2.05 bits per heavy atom. The predicted octanol–water partition coefficient (Wildman–Crippen LogP) is 5.34. The lowest BCUT2D eigenvalue weighted by molar-refractivity contribution is 0.778. The van der Waals surface area contributed by atoms with Crippen molar-refractivity contribution >= 4 is 34.0 Å². The molecular weight excluding hydrogens is 504 g/mol. The first-order valence-electron chi connectivity index (χ1n) is 13.0. The van der Waals surface area contributed by atoms with Crippen molar-refractivity contribution < 1.29 is 0 Å². The maximum Gasteiger partial charge on any atom is 0.158 e. The third-order valence-corrected chi connectivity index (χ3v) is 7.93. The second-order valence-corrected chi connectivity index (χ2v) is 11.1. The SMILES string of the molecule is C=C(Nc1cncc(-c2ccc3c(n2)C(c2nc4c([nH]2)CC(N)=CC=C4c2ccsc2)=NC2CN32)c1)C(C)C. The number of nitrogens with one attached hydrogen (secondary N) is 2. The molecule has 0 amide bonds. The van der Waals surface area contributed by atoms with E-state index in [0.29, 0.717) is 12.3 Å². The fourth-order valence-corrected chi connectivity index (χ4v) is 5.59. The third-order valence-electron chi connectivity index (χ3n) is 7.24. The van der Waals surface area contributed by atoms with Crippen molar-refractivity contribution in [3.63, 3.8) is 0 Å². The summed E-state index contributed by atoms with van der Waals surface area (Å²) in [6.45, 7) is 9.22. The minimum absolute atomic E-state index is 0.123. The number of imidazole rings is 1. The summed E-state index contributed by atoms with van der Waals surface area (Å²) in [6.07, 6.45) is 8.39. The minimum atomic E-state index is 0.123. The summed E-state index contributed by atoms with van der Waals surface area (Å²) in [5, 5.41) is 7.58. The minimum Gasteiger partial charge on any atom is -0.402 e. The highest BCUT2D eigenvalue weighted by Crippen LogP contribution is 2.39. The van der Waals surface area contributed by atoms with E-state index < -0.39 is 0 Å². The molecule has 4 N–H and O–H groups in total. The number of aromatic nitrogens is 4. The fourth-order valence-electron chi connectivity index (χ4n) is 4.93. The van der Waals surface area contributed by atoms with Crippen LogP contribution in [0.15, 0.2) is 82.5 Å². The number of pyridine rings is 2. The second-order valence-electron chi connectivity index (χ2n) is 10.4. The van der Waals surface area contributed by atoms with Gasteiger partial charge in [-0.3, -0.25) is 9.98 Å². The zero-order valence-corrected chi connectivity index (χ0v) is 22.6. The van der Waals surface area contributed by atoms with Crippen LogP contribution in [0.25, 0.3) is 16.8 Å². The number of H-pyrrole nitrogens is 1. The first kappa shape index (κ1) is 23.6. The van der Waals surface area contributed by atoms with Gasteiger partial charge < -0.3 is 20.9 Å². The Hall–Kier alpha value is -4.50. The van der Waals surface area contributed by atoms with Crippen LogP contribution in [0.1, 0.15) is 42.3 Å². The number of rotatable bonds is 6. The third kappa shape index (κ3) is 4.24. The van der Waals surface area contributed by atoms with Crippen LogP contribution in [0, 0.1) is 5.92 Å². The van der Waals surface area contributed by atoms with E-state index in [9.17, 15) is 0 Å². The van der Waals surface area contributed by atoms with E-state index in [4.69, 9.17) is 20.7 Å². The lowest BCUT2D eigenvalue weighted by Gasteiger charge is -2.18. The van der Waals surface area contributed by atoms with Crippen LogP contribution in [0.2, 0.25) is 0 Å². The Bertz CT molecular complexity index is 1710. The van der Waals surface area contributed by atoms with Crippen LogP contribution >= 0.6 is 11.3 Å². The Morgan fingerprint density at radius 1 is 1.15 bits per heavy atom. The summed E-state index contributed by atoms with van der Waals surface area (Å²) in [6, 6.07) is 8.35. The molecule has 6 heterocycles. The maximum atomic E-state index is 6.31. The van der Waals surface area contributed by atoms with E-state index in [0.717, 1.165) is 80.3 Å². The lowest BCUT2D eigenvalue weighted by Crippen LogP contribution is -2.19. The quantitative estimate of drug-likeness (QED) is 0.290. The first-order chi connectivity index (χ1) is 18.9. The highest BCUT2D eigenvalue weighted by molar-refractivity contribution is 7.08. The molecule has 0 bridgehead atoms. The summed E-state index contributed by atoms with van der Waals surface area (Å²) in [5.74, 6) is 1.04. The summed E-state index contributed by atoms with van der Waals surface area (Å²) in [5.41, 5.74) is 17.4. The number of hydrogen-bond donors (Lipinski definition) is 3. The number of nitrogens with two attached hydrogens (primary N) is 1. The molecule has 1 fully saturated rings. The molecule has 1 atom stereocenters. The van der Waals surface area contributed by atoms with E-state index in [1.807, 2.05) is 12.3 Å². The molecule has 1 saturated heterocycles. The number of aliphatic imine (C=N–C) groups is 1. The van der Waals surface area contributed by atoms with Crippen molar-refractivity contribution in [2.75, 3.05) is 16.8 Å². The van der Waals surface area contributed by atoms with Gasteiger partial charge in [0.25, 0.3) is 0 Å². The van der Waals surface area contributed by atoms with Crippen LogP contribution in [0.4, 0.5) is 11.4 Å². The van der Waals surface area contributed by atoms with E-state index in [1.165, 1.54) is 0 Å². The van der Waals surface area contributed by atoms with Gasteiger partial charge in [0.1, 0.15) is 17.6 Å². The molecule has 0 saturated carbocycles. The molecule has 0 aromatic carbocycles. The predicted molar refractivity (Wildman–Crippen MR) is 158 cm³/mol. The number of thiophene rings is 1. The molecule has 4 aromatic heterocycles. The van der Waals surface area contributed by atoms with Crippen LogP contribution in [-0.4, -0.2) is 38.4 Å². The number of hydrogen-bond acceptors (Lipinski definition) is 8. The van der Waals surface area contributed by atoms with E-state index in [1.54, 1.807) is 17.5 Å². The summed E-state index contributed by atoms with van der Waals surface area (Å²) in [7, 11) is 0. The van der Waals surface area contributed by atoms with Crippen molar-refractivity contribution in [3.05, 3.63) is 106 Å². The van der Waals surface area contributed by atoms with Gasteiger partial charge in [0.05, 0.1) is 35.5 Å². The molecule has 3 aliphatic rings. The molecule has 7 rings (SSSR count). The van der Waals surface area contributed by atoms with Gasteiger partial charge in [-0.15, -0.1) is 0 Å². The van der Waals surface area contributed by atoms with Gasteiger partial charge in [0.2, 0.25) is 0 Å². The van der Waals surface area contributed by atoms with Gasteiger partial charge in [0, 0.05) is 40.8 Å². The van der Waals surface area contributed by atoms with Crippen LogP contribution < -0.4 is 16.0 Å². The van der Waals surface area contributed by atoms with Crippen molar-refractivity contribution in [2.24, 2.45) is 16.6 Å². The van der Waals surface area contributed by atoms with Gasteiger partial charge in [-0.2, -0.15) is 11.3 Å². The number of anilines is 2. The Kier molecular flexibility index (Phi) is 5.48. The van der Waals surface area contributed by atoms with Gasteiger partial charge in [-0.05, 0) is 52.6 Å². The molecule has 39 heavy (non-hydrogen) atoms. The van der Waals surface area contributed by atoms with E-state index in [-0.39, 0.29) is 6.17 Å². The Morgan fingerprint density at radius 3 is 2.87 bits per heavy atom. The monoisotopic (exact) mass is 532 g/mol. The van der Waals surface area contributed by atoms with Crippen molar-refractivity contribution in [3.8, 4) is 11.3 Å². The average molecular weight is 533 g/mol. The molecule has 0 radical (unpaired) electrons. The molecule has 1 unspecified atom stereocenters. The molecule has 9 heteroatoms. The molecule has 194 valence electrons. The van der Waals surface area contributed by atoms with Crippen molar-refractivity contribution in [1.82, 2.24) is 19.9 Å². The number of aromatic amines is 1. The average Bonchev–Trinajstić information content (AvgIpc) is 3.36. The maximum absolute atomic E-state index is 6.31. The van der Waals surface area contributed by atoms with Gasteiger partial charge in [-0.1, -0.05) is 26.5 Å². The van der Waals surface area contributed by atoms with Crippen LogP contribution in [0.3, 0.4) is 0 Å². The summed E-state index contributed by atoms with van der Waals surface area (Å²) >= 11 is 1.67. The molecule has 1 aliphatic carbocycles. The highest BCUT2D eigenvalue weighted by Gasteiger charge is 2.42. The van der Waals surface area contributed by atoms with Crippen molar-refractivity contribution in [2.45, 2.75) is 26.4 Å². The number of fused-ring (bicyclic) bond motifs is 4. The van der Waals surface area contributed by atoms with Gasteiger partial charge >= 0.3 is 0 Å². The summed E-state index contributed by atoms with van der Waals surface area (Å²) in [4.78, 5) is 25.5. The molecule has 0 spiro atoms. The van der Waals surface area contributed by atoms with Gasteiger partial charge in [0.15, 0.2) is 5.82 Å². The number of nitrogens with zero attached hydrogens (tertiary/aromatic N) is 5. The molecular formula is C30H28N8S. The normalized spacial score (nSPS) is 17.4. The Labute approximate surface area is 230 Å².